The molecular formula is C13H17ClN2O4. The van der Waals surface area contributed by atoms with E-state index in [1.165, 1.54) is 11.0 Å². The van der Waals surface area contributed by atoms with Gasteiger partial charge in [0.2, 0.25) is 5.91 Å². The molecule has 0 fully saturated rings. The van der Waals surface area contributed by atoms with Gasteiger partial charge in [-0.15, -0.1) is 11.6 Å². The van der Waals surface area contributed by atoms with Crippen LogP contribution in [0.4, 0.5) is 11.4 Å². The first kappa shape index (κ1) is 16.4. The molecule has 0 aliphatic heterocycles. The van der Waals surface area contributed by atoms with Gasteiger partial charge in [-0.3, -0.25) is 19.8 Å². The Balaban J connectivity index is 3.35. The molecule has 0 N–H and O–H groups in total. The minimum absolute atomic E-state index is 0.0556. The first-order valence-corrected chi connectivity index (χ1v) is 6.80. The normalized spacial score (nSPS) is 10.3. The Kier molecular flexibility index (Phi) is 6.41. The van der Waals surface area contributed by atoms with Crippen LogP contribution in [0.1, 0.15) is 19.4 Å². The highest BCUT2D eigenvalue weighted by atomic mass is 35.5. The van der Waals surface area contributed by atoms with Gasteiger partial charge in [-0.25, -0.2) is 0 Å². The van der Waals surface area contributed by atoms with Gasteiger partial charge in [0.05, 0.1) is 4.92 Å². The third-order valence-corrected chi connectivity index (χ3v) is 3.01. The first-order valence-electron chi connectivity index (χ1n) is 6.27. The van der Waals surface area contributed by atoms with Crippen LogP contribution in [-0.2, 0) is 16.0 Å². The van der Waals surface area contributed by atoms with Crippen LogP contribution in [0.5, 0.6) is 0 Å². The van der Waals surface area contributed by atoms with Crippen LogP contribution >= 0.6 is 11.6 Å². The molecule has 1 amide bonds. The molecule has 1 rings (SSSR count). The molecule has 0 aliphatic carbocycles. The number of aryl methyl sites for hydroxylation is 1. The summed E-state index contributed by atoms with van der Waals surface area (Å²) in [6.07, 6.45) is 0.565. The molecule has 110 valence electrons. The van der Waals surface area contributed by atoms with Gasteiger partial charge in [0, 0.05) is 12.7 Å². The molecule has 0 unspecified atom stereocenters. The van der Waals surface area contributed by atoms with E-state index in [-0.39, 0.29) is 24.0 Å². The Hall–Kier alpha value is -1.66. The van der Waals surface area contributed by atoms with Crippen molar-refractivity contribution in [3.8, 4) is 0 Å². The number of para-hydroxylation sites is 1. The maximum absolute atomic E-state index is 12.0. The Morgan fingerprint density at radius 1 is 1.45 bits per heavy atom. The number of benzene rings is 1. The largest absolute Gasteiger partial charge is 0.361 e. The van der Waals surface area contributed by atoms with Crippen LogP contribution < -0.4 is 4.90 Å². The van der Waals surface area contributed by atoms with Crippen molar-refractivity contribution in [1.29, 1.82) is 0 Å². The molecule has 6 nitrogen and oxygen atoms in total. The molecule has 0 bridgehead atoms. The third-order valence-electron chi connectivity index (χ3n) is 2.79. The summed E-state index contributed by atoms with van der Waals surface area (Å²) in [5, 5.41) is 11.2. The number of anilines is 1. The SMILES string of the molecule is CCOCN(C(=O)CCl)c1c(CC)cccc1[N+](=O)[O-]. The number of halogens is 1. The minimum atomic E-state index is -0.505. The van der Waals surface area contributed by atoms with E-state index in [0.29, 0.717) is 18.6 Å². The molecule has 7 heteroatoms. The molecule has 0 aromatic heterocycles. The van der Waals surface area contributed by atoms with Crippen LogP contribution in [-0.4, -0.2) is 30.0 Å². The summed E-state index contributed by atoms with van der Waals surface area (Å²) < 4.78 is 5.23. The molecule has 1 aromatic rings. The van der Waals surface area contributed by atoms with Crippen molar-refractivity contribution in [1.82, 2.24) is 0 Å². The van der Waals surface area contributed by atoms with E-state index in [0.717, 1.165) is 0 Å². The van der Waals surface area contributed by atoms with Crippen LogP contribution in [0, 0.1) is 10.1 Å². The Morgan fingerprint density at radius 2 is 2.15 bits per heavy atom. The number of rotatable bonds is 7. The average molecular weight is 301 g/mol. The molecule has 0 radical (unpaired) electrons. The van der Waals surface area contributed by atoms with Gasteiger partial charge in [0.15, 0.2) is 0 Å². The summed E-state index contributed by atoms with van der Waals surface area (Å²) in [5.74, 6) is -0.688. The van der Waals surface area contributed by atoms with E-state index in [9.17, 15) is 14.9 Å². The summed E-state index contributed by atoms with van der Waals surface area (Å²) in [6, 6.07) is 4.72. The second kappa shape index (κ2) is 7.81. The zero-order chi connectivity index (χ0) is 15.1. The summed E-state index contributed by atoms with van der Waals surface area (Å²) in [4.78, 5) is 23.9. The zero-order valence-corrected chi connectivity index (χ0v) is 12.2. The quantitative estimate of drug-likeness (QED) is 0.336. The summed E-state index contributed by atoms with van der Waals surface area (Å²) in [7, 11) is 0. The molecule has 0 saturated heterocycles. The van der Waals surface area contributed by atoms with Crippen molar-refractivity contribution in [2.45, 2.75) is 20.3 Å². The molecule has 0 heterocycles. The maximum Gasteiger partial charge on any atom is 0.293 e. The molecule has 0 spiro atoms. The predicted octanol–water partition coefficient (Wildman–Crippen LogP) is 2.72. The topological polar surface area (TPSA) is 72.7 Å². The number of hydrogen-bond acceptors (Lipinski definition) is 4. The smallest absolute Gasteiger partial charge is 0.293 e. The van der Waals surface area contributed by atoms with Crippen LogP contribution in [0.3, 0.4) is 0 Å². The third kappa shape index (κ3) is 3.68. The second-order valence-corrected chi connectivity index (χ2v) is 4.24. The summed E-state index contributed by atoms with van der Waals surface area (Å²) in [6.45, 7) is 3.99. The Bertz CT molecular complexity index is 493. The van der Waals surface area contributed by atoms with E-state index in [1.54, 1.807) is 19.1 Å². The lowest BCUT2D eigenvalue weighted by Crippen LogP contribution is -2.35. The highest BCUT2D eigenvalue weighted by Crippen LogP contribution is 2.32. The highest BCUT2D eigenvalue weighted by molar-refractivity contribution is 6.29. The number of ether oxygens (including phenoxy) is 1. The molecule has 0 atom stereocenters. The van der Waals surface area contributed by atoms with E-state index in [4.69, 9.17) is 16.3 Å². The summed E-state index contributed by atoms with van der Waals surface area (Å²) in [5.41, 5.74) is 0.846. The monoisotopic (exact) mass is 300 g/mol. The number of carbonyl (C=O) groups excluding carboxylic acids is 1. The van der Waals surface area contributed by atoms with E-state index >= 15 is 0 Å². The van der Waals surface area contributed by atoms with Crippen molar-refractivity contribution in [2.24, 2.45) is 0 Å². The lowest BCUT2D eigenvalue weighted by atomic mass is 10.1. The zero-order valence-electron chi connectivity index (χ0n) is 11.5. The Labute approximate surface area is 122 Å². The molecular weight excluding hydrogens is 284 g/mol. The van der Waals surface area contributed by atoms with Crippen LogP contribution in [0.2, 0.25) is 0 Å². The van der Waals surface area contributed by atoms with Gasteiger partial charge in [-0.05, 0) is 18.9 Å². The number of carbonyl (C=O) groups is 1. The average Bonchev–Trinajstić information content (AvgIpc) is 2.46. The van der Waals surface area contributed by atoms with Gasteiger partial charge < -0.3 is 4.74 Å². The lowest BCUT2D eigenvalue weighted by Gasteiger charge is -2.23. The molecule has 0 saturated carbocycles. The lowest BCUT2D eigenvalue weighted by molar-refractivity contribution is -0.384. The van der Waals surface area contributed by atoms with Gasteiger partial charge in [0.1, 0.15) is 18.3 Å². The van der Waals surface area contributed by atoms with Crippen molar-refractivity contribution in [2.75, 3.05) is 24.1 Å². The maximum atomic E-state index is 12.0. The van der Waals surface area contributed by atoms with E-state index < -0.39 is 10.8 Å². The second-order valence-electron chi connectivity index (χ2n) is 3.97. The van der Waals surface area contributed by atoms with Gasteiger partial charge in [-0.1, -0.05) is 19.1 Å². The number of nitrogens with zero attached hydrogens (tertiary/aromatic N) is 2. The van der Waals surface area contributed by atoms with Crippen molar-refractivity contribution < 1.29 is 14.5 Å². The minimum Gasteiger partial charge on any atom is -0.361 e. The predicted molar refractivity (Wildman–Crippen MR) is 77.2 cm³/mol. The molecule has 0 aliphatic rings. The molecule has 20 heavy (non-hydrogen) atoms. The fraction of sp³-hybridized carbons (Fsp3) is 0.462. The van der Waals surface area contributed by atoms with E-state index in [1.807, 2.05) is 6.92 Å². The van der Waals surface area contributed by atoms with E-state index in [2.05, 4.69) is 0 Å². The fourth-order valence-corrected chi connectivity index (χ4v) is 1.98. The number of amides is 1. The van der Waals surface area contributed by atoms with Crippen LogP contribution in [0.15, 0.2) is 18.2 Å². The molecule has 1 aromatic carbocycles. The van der Waals surface area contributed by atoms with Gasteiger partial charge in [-0.2, -0.15) is 0 Å². The number of hydrogen-bond donors (Lipinski definition) is 0. The van der Waals surface area contributed by atoms with Crippen LogP contribution in [0.25, 0.3) is 0 Å². The number of nitro benzene ring substituents is 1. The fourth-order valence-electron chi connectivity index (χ4n) is 1.84. The standard InChI is InChI=1S/C13H17ClN2O4/c1-3-10-6-5-7-11(16(18)19)13(10)15(9-20-4-2)12(17)8-14/h5-7H,3-4,8-9H2,1-2H3. The van der Waals surface area contributed by atoms with Crippen molar-refractivity contribution in [3.05, 3.63) is 33.9 Å². The van der Waals surface area contributed by atoms with Gasteiger partial charge >= 0.3 is 0 Å². The van der Waals surface area contributed by atoms with Crippen molar-refractivity contribution >= 4 is 28.9 Å². The number of alkyl halides is 1. The Morgan fingerprint density at radius 3 is 2.65 bits per heavy atom. The van der Waals surface area contributed by atoms with Gasteiger partial charge in [0.25, 0.3) is 5.69 Å². The number of nitro groups is 1. The summed E-state index contributed by atoms with van der Waals surface area (Å²) >= 11 is 5.59. The van der Waals surface area contributed by atoms with Crippen molar-refractivity contribution in [3.63, 3.8) is 0 Å². The first-order chi connectivity index (χ1) is 9.56. The highest BCUT2D eigenvalue weighted by Gasteiger charge is 2.26.